The van der Waals surface area contributed by atoms with Crippen LogP contribution in [0.15, 0.2) is 48.5 Å². The van der Waals surface area contributed by atoms with Crippen LogP contribution in [0.4, 0.5) is 14.9 Å². The molecule has 0 saturated carbocycles. The number of fused-ring (bicyclic) bond motifs is 1. The fourth-order valence-electron chi connectivity index (χ4n) is 4.89. The summed E-state index contributed by atoms with van der Waals surface area (Å²) in [6.45, 7) is 9.90. The van der Waals surface area contributed by atoms with E-state index in [0.717, 1.165) is 50.2 Å². The maximum atomic E-state index is 13.4. The summed E-state index contributed by atoms with van der Waals surface area (Å²) in [7, 11) is 0. The van der Waals surface area contributed by atoms with E-state index in [1.807, 2.05) is 45.0 Å². The Morgan fingerprint density at radius 3 is 2.34 bits per heavy atom. The lowest BCUT2D eigenvalue weighted by Crippen LogP contribution is -2.34. The summed E-state index contributed by atoms with van der Waals surface area (Å²) in [5.74, 6) is -0.759. The number of anilines is 1. The number of amides is 2. The Hall–Kier alpha value is -3.71. The van der Waals surface area contributed by atoms with Gasteiger partial charge in [0.25, 0.3) is 0 Å². The molecule has 3 aromatic rings. The zero-order valence-corrected chi connectivity index (χ0v) is 22.7. The molecule has 0 saturated heterocycles. The third-order valence-corrected chi connectivity index (χ3v) is 6.94. The first-order chi connectivity index (χ1) is 17.9. The number of hydrogen-bond acceptors (Lipinski definition) is 4. The molecule has 200 valence electrons. The number of nitrogens with zero attached hydrogens (tertiary/aromatic N) is 1. The number of aliphatic hydroxyl groups is 1. The minimum Gasteiger partial charge on any atom is -0.462 e. The van der Waals surface area contributed by atoms with Gasteiger partial charge in [-0.25, -0.2) is 9.18 Å². The van der Waals surface area contributed by atoms with E-state index >= 15 is 0 Å². The summed E-state index contributed by atoms with van der Waals surface area (Å²) in [6, 6.07) is 14.1. The predicted octanol–water partition coefficient (Wildman–Crippen LogP) is 5.86. The fourth-order valence-corrected chi connectivity index (χ4v) is 4.89. The van der Waals surface area contributed by atoms with Crippen LogP contribution < -0.4 is 5.32 Å². The van der Waals surface area contributed by atoms with E-state index in [1.54, 1.807) is 30.9 Å². The van der Waals surface area contributed by atoms with Gasteiger partial charge in [0.15, 0.2) is 0 Å². The van der Waals surface area contributed by atoms with E-state index < -0.39 is 11.6 Å². The van der Waals surface area contributed by atoms with E-state index in [9.17, 15) is 19.1 Å². The molecule has 1 aliphatic rings. The predicted molar refractivity (Wildman–Crippen MR) is 147 cm³/mol. The normalized spacial score (nSPS) is 13.6. The topological polar surface area (TPSA) is 78.9 Å². The molecule has 0 fully saturated rings. The highest BCUT2D eigenvalue weighted by molar-refractivity contribution is 5.95. The highest BCUT2D eigenvalue weighted by Crippen LogP contribution is 2.40. The molecule has 4 rings (SSSR count). The molecule has 3 aromatic carbocycles. The first-order valence-corrected chi connectivity index (χ1v) is 12.8. The highest BCUT2D eigenvalue weighted by atomic mass is 19.1. The van der Waals surface area contributed by atoms with Crippen molar-refractivity contribution in [3.63, 3.8) is 0 Å². The summed E-state index contributed by atoms with van der Waals surface area (Å²) in [5, 5.41) is 13.1. The zero-order chi connectivity index (χ0) is 27.6. The average Bonchev–Trinajstić information content (AvgIpc) is 3.02. The minimum absolute atomic E-state index is 0.00834. The fraction of sp³-hybridized carbons (Fsp3) is 0.355. The molecule has 0 bridgehead atoms. The SMILES string of the molecule is Cc1ccc(-c2c(C)c3c(c(C)c2CC(=O)OCC(C)(C)O)NC(=O)N(Cc2ccc(F)cc2)CC3)cc1. The van der Waals surface area contributed by atoms with Crippen LogP contribution in [0.3, 0.4) is 0 Å². The molecule has 0 atom stereocenters. The number of urea groups is 1. The molecule has 38 heavy (non-hydrogen) atoms. The Bertz CT molecular complexity index is 1340. The summed E-state index contributed by atoms with van der Waals surface area (Å²) in [5.41, 5.74) is 7.16. The third-order valence-electron chi connectivity index (χ3n) is 6.94. The van der Waals surface area contributed by atoms with Gasteiger partial charge in [-0.2, -0.15) is 0 Å². The lowest BCUT2D eigenvalue weighted by atomic mass is 9.84. The van der Waals surface area contributed by atoms with Gasteiger partial charge in [-0.15, -0.1) is 0 Å². The number of carbonyl (C=O) groups is 2. The van der Waals surface area contributed by atoms with Gasteiger partial charge >= 0.3 is 12.0 Å². The van der Waals surface area contributed by atoms with E-state index in [-0.39, 0.29) is 24.9 Å². The first-order valence-electron chi connectivity index (χ1n) is 12.8. The lowest BCUT2D eigenvalue weighted by Gasteiger charge is -2.23. The molecule has 1 aliphatic heterocycles. The number of esters is 1. The van der Waals surface area contributed by atoms with E-state index in [1.165, 1.54) is 12.1 Å². The maximum Gasteiger partial charge on any atom is 0.322 e. The Morgan fingerprint density at radius 2 is 1.71 bits per heavy atom. The molecule has 0 aromatic heterocycles. The van der Waals surface area contributed by atoms with Crippen LogP contribution in [0.25, 0.3) is 11.1 Å². The van der Waals surface area contributed by atoms with Crippen LogP contribution >= 0.6 is 0 Å². The van der Waals surface area contributed by atoms with Crippen molar-refractivity contribution >= 4 is 17.7 Å². The molecule has 0 spiro atoms. The molecular weight excluding hydrogens is 483 g/mol. The Balaban J connectivity index is 1.73. The Kier molecular flexibility index (Phi) is 7.88. The van der Waals surface area contributed by atoms with Gasteiger partial charge in [0.2, 0.25) is 0 Å². The number of ether oxygens (including phenoxy) is 1. The zero-order valence-electron chi connectivity index (χ0n) is 22.7. The van der Waals surface area contributed by atoms with Crippen molar-refractivity contribution in [2.75, 3.05) is 18.5 Å². The second kappa shape index (κ2) is 11.0. The molecule has 0 unspecified atom stereocenters. The Labute approximate surface area is 223 Å². The van der Waals surface area contributed by atoms with Crippen molar-refractivity contribution in [3.05, 3.63) is 87.7 Å². The van der Waals surface area contributed by atoms with Gasteiger partial charge in [0.05, 0.1) is 12.0 Å². The van der Waals surface area contributed by atoms with Crippen LogP contribution in [0, 0.1) is 26.6 Å². The maximum absolute atomic E-state index is 13.4. The number of rotatable bonds is 7. The number of benzene rings is 3. The van der Waals surface area contributed by atoms with Crippen LogP contribution in [0.5, 0.6) is 0 Å². The van der Waals surface area contributed by atoms with Crippen LogP contribution in [0.1, 0.15) is 47.2 Å². The number of hydrogen-bond donors (Lipinski definition) is 2. The standard InChI is InChI=1S/C31H35FN2O4/c1-19-6-10-23(11-7-19)28-20(2)25-14-15-34(17-22-8-12-24(32)13-9-22)30(36)33-29(25)21(3)26(28)16-27(35)38-18-31(4,5)37/h6-13,37H,14-18H2,1-5H3,(H,33,36). The molecule has 2 amide bonds. The van der Waals surface area contributed by atoms with Crippen molar-refractivity contribution in [2.45, 2.75) is 59.6 Å². The smallest absolute Gasteiger partial charge is 0.322 e. The molecule has 1 heterocycles. The third kappa shape index (κ3) is 6.22. The van der Waals surface area contributed by atoms with Crippen molar-refractivity contribution < 1.29 is 23.8 Å². The summed E-state index contributed by atoms with van der Waals surface area (Å²) in [4.78, 5) is 27.9. The van der Waals surface area contributed by atoms with Gasteiger partial charge in [0.1, 0.15) is 12.4 Å². The van der Waals surface area contributed by atoms with Crippen molar-refractivity contribution in [3.8, 4) is 11.1 Å². The molecule has 6 nitrogen and oxygen atoms in total. The van der Waals surface area contributed by atoms with Crippen LogP contribution in [-0.2, 0) is 28.9 Å². The molecule has 2 N–H and O–H groups in total. The highest BCUT2D eigenvalue weighted by Gasteiger charge is 2.28. The number of halogens is 1. The summed E-state index contributed by atoms with van der Waals surface area (Å²) < 4.78 is 18.8. The van der Waals surface area contributed by atoms with E-state index in [0.29, 0.717) is 19.5 Å². The number of nitrogens with one attached hydrogen (secondary N) is 1. The van der Waals surface area contributed by atoms with Crippen molar-refractivity contribution in [2.24, 2.45) is 0 Å². The monoisotopic (exact) mass is 518 g/mol. The first kappa shape index (κ1) is 27.3. The van der Waals surface area contributed by atoms with Crippen molar-refractivity contribution in [1.82, 2.24) is 4.90 Å². The summed E-state index contributed by atoms with van der Waals surface area (Å²) >= 11 is 0. The van der Waals surface area contributed by atoms with Gasteiger partial charge in [-0.05, 0) is 92.1 Å². The van der Waals surface area contributed by atoms with Gasteiger partial charge in [-0.1, -0.05) is 42.0 Å². The second-order valence-electron chi connectivity index (χ2n) is 10.7. The summed E-state index contributed by atoms with van der Waals surface area (Å²) in [6.07, 6.45) is 0.638. The van der Waals surface area contributed by atoms with E-state index in [4.69, 9.17) is 4.74 Å². The van der Waals surface area contributed by atoms with Crippen molar-refractivity contribution in [1.29, 1.82) is 0 Å². The lowest BCUT2D eigenvalue weighted by molar-refractivity contribution is -0.149. The van der Waals surface area contributed by atoms with E-state index in [2.05, 4.69) is 5.32 Å². The van der Waals surface area contributed by atoms with Gasteiger partial charge < -0.3 is 20.1 Å². The Morgan fingerprint density at radius 1 is 1.05 bits per heavy atom. The van der Waals surface area contributed by atoms with Crippen LogP contribution in [0.2, 0.25) is 0 Å². The number of aryl methyl sites for hydroxylation is 1. The minimum atomic E-state index is -1.13. The number of carbonyl (C=O) groups excluding carboxylic acids is 2. The largest absolute Gasteiger partial charge is 0.462 e. The molecule has 7 heteroatoms. The molecular formula is C31H35FN2O4. The van der Waals surface area contributed by atoms with Crippen LogP contribution in [-0.4, -0.2) is 40.8 Å². The molecule has 0 radical (unpaired) electrons. The second-order valence-corrected chi connectivity index (χ2v) is 10.7. The average molecular weight is 519 g/mol. The quantitative estimate of drug-likeness (QED) is 0.384. The molecule has 0 aliphatic carbocycles. The van der Waals surface area contributed by atoms with Gasteiger partial charge in [0, 0.05) is 18.8 Å². The van der Waals surface area contributed by atoms with Gasteiger partial charge in [-0.3, -0.25) is 4.79 Å².